The van der Waals surface area contributed by atoms with Crippen molar-refractivity contribution in [1.82, 2.24) is 10.2 Å². The van der Waals surface area contributed by atoms with Crippen LogP contribution in [0.4, 0.5) is 15.3 Å². The zero-order chi connectivity index (χ0) is 33.2. The van der Waals surface area contributed by atoms with Gasteiger partial charge in [-0.25, -0.2) is 14.6 Å². The number of carboxylic acid groups (broad SMARTS) is 1. The summed E-state index contributed by atoms with van der Waals surface area (Å²) in [6.07, 6.45) is 0.127. The third kappa shape index (κ3) is 8.06. The van der Waals surface area contributed by atoms with Gasteiger partial charge in [0.2, 0.25) is 11.9 Å². The standard InChI is InChI=1S/C33H45ClN4O6Si/c1-21-18-23(16-17-26(21)44-45(6,7)32(2,3)4)38-27(39)19-33(5,37-29(38)36-30(40)41)24-14-11-15-25(28(24)34)35-31(42)43-20-22-12-9-8-10-13-22/h8-15,21,23,26H,16-20H2,1-7H3,(H,35,42)(H,36,37)(H,40,41)/t21?,23?,26?,33-/m0/s1. The van der Waals surface area contributed by atoms with E-state index in [-0.39, 0.29) is 53.0 Å². The lowest BCUT2D eigenvalue weighted by atomic mass is 9.82. The zero-order valence-corrected chi connectivity index (χ0v) is 28.9. The minimum Gasteiger partial charge on any atom is -0.465 e. The summed E-state index contributed by atoms with van der Waals surface area (Å²) >= 11 is 6.79. The maximum atomic E-state index is 13.9. The summed E-state index contributed by atoms with van der Waals surface area (Å²) in [6.45, 7) is 15.1. The van der Waals surface area contributed by atoms with E-state index in [1.807, 2.05) is 30.3 Å². The van der Waals surface area contributed by atoms with Crippen LogP contribution in [-0.4, -0.2) is 54.5 Å². The highest BCUT2D eigenvalue weighted by molar-refractivity contribution is 6.74. The average molecular weight is 657 g/mol. The lowest BCUT2D eigenvalue weighted by Gasteiger charge is -2.46. The molecule has 10 nitrogen and oxygen atoms in total. The number of anilines is 1. The van der Waals surface area contributed by atoms with Crippen LogP contribution in [0.1, 0.15) is 71.4 Å². The Morgan fingerprint density at radius 2 is 1.80 bits per heavy atom. The molecule has 2 aliphatic rings. The molecule has 1 aliphatic heterocycles. The van der Waals surface area contributed by atoms with Gasteiger partial charge < -0.3 is 14.3 Å². The number of amides is 3. The predicted molar refractivity (Wildman–Crippen MR) is 178 cm³/mol. The molecular formula is C33H45ClN4O6Si. The van der Waals surface area contributed by atoms with Gasteiger partial charge in [0.15, 0.2) is 8.32 Å². The molecule has 244 valence electrons. The number of rotatable bonds is 7. The number of nitrogens with zero attached hydrogens (tertiary/aromatic N) is 2. The Hall–Kier alpha value is -3.41. The normalized spacial score (nSPS) is 24.1. The highest BCUT2D eigenvalue weighted by Crippen LogP contribution is 2.43. The fraction of sp³-hybridized carbons (Fsp3) is 0.515. The molecule has 0 radical (unpaired) electrons. The Bertz CT molecular complexity index is 1450. The van der Waals surface area contributed by atoms with E-state index in [1.165, 1.54) is 4.90 Å². The topological polar surface area (TPSA) is 130 Å². The third-order valence-electron chi connectivity index (χ3n) is 9.27. The number of guanidine groups is 1. The van der Waals surface area contributed by atoms with E-state index in [9.17, 15) is 19.5 Å². The number of aliphatic imine (C=N–C) groups is 1. The van der Waals surface area contributed by atoms with E-state index < -0.39 is 26.0 Å². The molecule has 1 aliphatic carbocycles. The SMILES string of the molecule is CC1CC(N2C(=O)C[C@@](C)(c3cccc(NC(=O)OCc4ccccc4)c3Cl)N=C2NC(=O)O)CCC1O[Si](C)(C)C(C)(C)C. The largest absolute Gasteiger partial charge is 0.465 e. The van der Waals surface area contributed by atoms with Gasteiger partial charge in [-0.15, -0.1) is 0 Å². The van der Waals surface area contributed by atoms with Gasteiger partial charge in [0.25, 0.3) is 0 Å². The van der Waals surface area contributed by atoms with Crippen molar-refractivity contribution >= 4 is 49.7 Å². The zero-order valence-electron chi connectivity index (χ0n) is 27.1. The Labute approximate surface area is 271 Å². The summed E-state index contributed by atoms with van der Waals surface area (Å²) < 4.78 is 12.1. The summed E-state index contributed by atoms with van der Waals surface area (Å²) in [5, 5.41) is 15.0. The molecule has 0 saturated heterocycles. The second-order valence-corrected chi connectivity index (χ2v) is 18.9. The first-order valence-corrected chi connectivity index (χ1v) is 18.7. The Kier molecular flexibility index (Phi) is 10.4. The highest BCUT2D eigenvalue weighted by Gasteiger charge is 2.46. The molecule has 2 aromatic rings. The molecule has 4 rings (SSSR count). The summed E-state index contributed by atoms with van der Waals surface area (Å²) in [7, 11) is -1.98. The summed E-state index contributed by atoms with van der Waals surface area (Å²) in [5.74, 6) is -0.114. The summed E-state index contributed by atoms with van der Waals surface area (Å²) in [5.41, 5.74) is 0.411. The van der Waals surface area contributed by atoms with Gasteiger partial charge in [-0.3, -0.25) is 20.3 Å². The fourth-order valence-electron chi connectivity index (χ4n) is 5.76. The van der Waals surface area contributed by atoms with E-state index >= 15 is 0 Å². The van der Waals surface area contributed by atoms with Crippen LogP contribution in [0.5, 0.6) is 0 Å². The number of nitrogens with one attached hydrogen (secondary N) is 2. The summed E-state index contributed by atoms with van der Waals surface area (Å²) in [4.78, 5) is 44.6. The molecule has 1 saturated carbocycles. The molecule has 3 unspecified atom stereocenters. The number of carbonyl (C=O) groups is 3. The van der Waals surface area contributed by atoms with Crippen molar-refractivity contribution in [3.05, 3.63) is 64.7 Å². The quantitative estimate of drug-likeness (QED) is 0.262. The first-order chi connectivity index (χ1) is 21.0. The lowest BCUT2D eigenvalue weighted by molar-refractivity contribution is -0.132. The van der Waals surface area contributed by atoms with Gasteiger partial charge >= 0.3 is 12.2 Å². The second-order valence-electron chi connectivity index (χ2n) is 13.8. The number of benzene rings is 2. The first kappa shape index (κ1) is 34.5. The van der Waals surface area contributed by atoms with Crippen molar-refractivity contribution in [2.45, 2.75) is 103 Å². The van der Waals surface area contributed by atoms with Gasteiger partial charge in [0, 0.05) is 17.7 Å². The number of carbonyl (C=O) groups excluding carboxylic acids is 2. The van der Waals surface area contributed by atoms with Crippen molar-refractivity contribution in [2.24, 2.45) is 10.9 Å². The molecule has 2 aromatic carbocycles. The van der Waals surface area contributed by atoms with Crippen LogP contribution in [-0.2, 0) is 26.1 Å². The van der Waals surface area contributed by atoms with Crippen LogP contribution >= 0.6 is 11.6 Å². The van der Waals surface area contributed by atoms with Crippen molar-refractivity contribution in [1.29, 1.82) is 0 Å². The molecular weight excluding hydrogens is 612 g/mol. The first-order valence-electron chi connectivity index (χ1n) is 15.4. The number of ether oxygens (including phenoxy) is 1. The maximum Gasteiger partial charge on any atom is 0.412 e. The molecule has 3 N–H and O–H groups in total. The molecule has 1 heterocycles. The maximum absolute atomic E-state index is 13.9. The molecule has 0 aromatic heterocycles. The third-order valence-corrected chi connectivity index (χ3v) is 14.2. The Morgan fingerprint density at radius 3 is 2.42 bits per heavy atom. The van der Waals surface area contributed by atoms with Crippen LogP contribution in [0.3, 0.4) is 0 Å². The van der Waals surface area contributed by atoms with E-state index in [0.29, 0.717) is 24.1 Å². The molecule has 0 bridgehead atoms. The average Bonchev–Trinajstić information content (AvgIpc) is 2.93. The lowest BCUT2D eigenvalue weighted by Crippen LogP contribution is -2.58. The van der Waals surface area contributed by atoms with Crippen molar-refractivity contribution < 1.29 is 28.7 Å². The van der Waals surface area contributed by atoms with Gasteiger partial charge in [-0.05, 0) is 61.9 Å². The van der Waals surface area contributed by atoms with Crippen LogP contribution in [0.25, 0.3) is 0 Å². The molecule has 0 spiro atoms. The van der Waals surface area contributed by atoms with E-state index in [2.05, 4.69) is 51.4 Å². The van der Waals surface area contributed by atoms with Crippen LogP contribution in [0, 0.1) is 5.92 Å². The predicted octanol–water partition coefficient (Wildman–Crippen LogP) is 7.74. The van der Waals surface area contributed by atoms with Gasteiger partial charge in [-0.2, -0.15) is 0 Å². The molecule has 1 fully saturated rings. The van der Waals surface area contributed by atoms with Gasteiger partial charge in [0.05, 0.1) is 22.7 Å². The van der Waals surface area contributed by atoms with Gasteiger partial charge in [0.1, 0.15) is 6.61 Å². The smallest absolute Gasteiger partial charge is 0.412 e. The van der Waals surface area contributed by atoms with Crippen LogP contribution in [0.15, 0.2) is 53.5 Å². The number of hydrogen-bond acceptors (Lipinski definition) is 6. The van der Waals surface area contributed by atoms with E-state index in [4.69, 9.17) is 25.8 Å². The van der Waals surface area contributed by atoms with Crippen LogP contribution < -0.4 is 10.6 Å². The Morgan fingerprint density at radius 1 is 1.11 bits per heavy atom. The van der Waals surface area contributed by atoms with Crippen molar-refractivity contribution in [3.8, 4) is 0 Å². The molecule has 4 atom stereocenters. The monoisotopic (exact) mass is 656 g/mol. The van der Waals surface area contributed by atoms with E-state index in [0.717, 1.165) is 12.0 Å². The fourth-order valence-corrected chi connectivity index (χ4v) is 7.60. The Balaban J connectivity index is 1.54. The molecule has 3 amide bonds. The van der Waals surface area contributed by atoms with Crippen molar-refractivity contribution in [3.63, 3.8) is 0 Å². The van der Waals surface area contributed by atoms with Crippen LogP contribution in [0.2, 0.25) is 23.2 Å². The van der Waals surface area contributed by atoms with E-state index in [1.54, 1.807) is 25.1 Å². The van der Waals surface area contributed by atoms with Gasteiger partial charge in [-0.1, -0.05) is 81.8 Å². The second kappa shape index (κ2) is 13.5. The summed E-state index contributed by atoms with van der Waals surface area (Å²) in [6, 6.07) is 14.1. The van der Waals surface area contributed by atoms with Crippen molar-refractivity contribution in [2.75, 3.05) is 5.32 Å². The molecule has 45 heavy (non-hydrogen) atoms. The number of halogens is 1. The number of hydrogen-bond donors (Lipinski definition) is 3. The highest BCUT2D eigenvalue weighted by atomic mass is 35.5. The minimum atomic E-state index is -1.98. The molecule has 12 heteroatoms. The minimum absolute atomic E-state index is 0.0288.